The molecule has 1 aromatic rings. The highest BCUT2D eigenvalue weighted by atomic mass is 35.5. The van der Waals surface area contributed by atoms with Gasteiger partial charge in [-0.25, -0.2) is 0 Å². The molecule has 4 heteroatoms. The lowest BCUT2D eigenvalue weighted by Crippen LogP contribution is -2.18. The largest absolute Gasteiger partial charge is 0.324 e. The second-order valence-electron chi connectivity index (χ2n) is 3.55. The van der Waals surface area contributed by atoms with Crippen LogP contribution in [-0.2, 0) is 6.42 Å². The summed E-state index contributed by atoms with van der Waals surface area (Å²) in [5.41, 5.74) is 7.99. The van der Waals surface area contributed by atoms with Crippen molar-refractivity contribution in [3.05, 3.63) is 32.3 Å². The minimum absolute atomic E-state index is 0.000941. The Morgan fingerprint density at radius 3 is 2.64 bits per heavy atom. The molecule has 0 aliphatic heterocycles. The van der Waals surface area contributed by atoms with Gasteiger partial charge < -0.3 is 5.73 Å². The minimum atomic E-state index is 0.000941. The molecule has 0 aromatic heterocycles. The van der Waals surface area contributed by atoms with Crippen molar-refractivity contribution in [2.24, 2.45) is 5.73 Å². The van der Waals surface area contributed by atoms with Crippen molar-refractivity contribution in [3.63, 3.8) is 0 Å². The number of halogens is 3. The third-order valence-electron chi connectivity index (χ3n) is 2.62. The fraction of sp³-hybridized carbons (Fsp3) is 0.400. The van der Waals surface area contributed by atoms with Crippen LogP contribution in [0.15, 0.2) is 6.07 Å². The van der Waals surface area contributed by atoms with Gasteiger partial charge in [-0.15, -0.1) is 0 Å². The SMILES string of the molecule is NC1CCCc2c(Cl)c(Cl)cc(Cl)c21. The van der Waals surface area contributed by atoms with Gasteiger partial charge in [0, 0.05) is 11.1 Å². The Bertz CT molecular complexity index is 376. The third kappa shape index (κ3) is 1.63. The Morgan fingerprint density at radius 2 is 1.93 bits per heavy atom. The first-order valence-electron chi connectivity index (χ1n) is 4.53. The number of hydrogen-bond acceptors (Lipinski definition) is 1. The maximum absolute atomic E-state index is 6.10. The molecule has 14 heavy (non-hydrogen) atoms. The molecule has 1 atom stereocenters. The quantitative estimate of drug-likeness (QED) is 0.693. The van der Waals surface area contributed by atoms with Gasteiger partial charge in [-0.2, -0.15) is 0 Å². The molecule has 1 unspecified atom stereocenters. The van der Waals surface area contributed by atoms with E-state index < -0.39 is 0 Å². The number of benzene rings is 1. The second kappa shape index (κ2) is 3.90. The van der Waals surface area contributed by atoms with E-state index in [2.05, 4.69) is 0 Å². The predicted molar refractivity (Wildman–Crippen MR) is 61.3 cm³/mol. The zero-order valence-corrected chi connectivity index (χ0v) is 9.76. The minimum Gasteiger partial charge on any atom is -0.324 e. The number of nitrogens with two attached hydrogens (primary N) is 1. The monoisotopic (exact) mass is 249 g/mol. The lowest BCUT2D eigenvalue weighted by atomic mass is 9.88. The summed E-state index contributed by atoms with van der Waals surface area (Å²) in [5.74, 6) is 0. The van der Waals surface area contributed by atoms with Crippen LogP contribution in [0, 0.1) is 0 Å². The molecule has 1 aromatic carbocycles. The smallest absolute Gasteiger partial charge is 0.0628 e. The summed E-state index contributed by atoms with van der Waals surface area (Å²) < 4.78 is 0. The fourth-order valence-electron chi connectivity index (χ4n) is 1.95. The first kappa shape index (κ1) is 10.6. The summed E-state index contributed by atoms with van der Waals surface area (Å²) in [6.07, 6.45) is 2.93. The summed E-state index contributed by atoms with van der Waals surface area (Å²) >= 11 is 18.1. The molecule has 2 rings (SSSR count). The average molecular weight is 251 g/mol. The van der Waals surface area contributed by atoms with E-state index in [1.807, 2.05) is 0 Å². The Morgan fingerprint density at radius 1 is 1.21 bits per heavy atom. The molecule has 0 radical (unpaired) electrons. The van der Waals surface area contributed by atoms with Gasteiger partial charge in [-0.1, -0.05) is 34.8 Å². The van der Waals surface area contributed by atoms with Crippen LogP contribution in [0.5, 0.6) is 0 Å². The Hall–Kier alpha value is 0.0500. The predicted octanol–water partition coefficient (Wildman–Crippen LogP) is 3.98. The van der Waals surface area contributed by atoms with Crippen LogP contribution in [0.3, 0.4) is 0 Å². The van der Waals surface area contributed by atoms with Crippen molar-refractivity contribution in [3.8, 4) is 0 Å². The maximum atomic E-state index is 6.10. The molecule has 0 saturated carbocycles. The lowest BCUT2D eigenvalue weighted by molar-refractivity contribution is 0.571. The maximum Gasteiger partial charge on any atom is 0.0628 e. The van der Waals surface area contributed by atoms with E-state index in [9.17, 15) is 0 Å². The van der Waals surface area contributed by atoms with E-state index in [4.69, 9.17) is 40.5 Å². The van der Waals surface area contributed by atoms with Crippen molar-refractivity contribution in [2.75, 3.05) is 0 Å². The average Bonchev–Trinajstić information content (AvgIpc) is 2.14. The molecule has 1 aliphatic rings. The van der Waals surface area contributed by atoms with Gasteiger partial charge in [0.25, 0.3) is 0 Å². The van der Waals surface area contributed by atoms with Crippen LogP contribution < -0.4 is 5.73 Å². The van der Waals surface area contributed by atoms with Crippen molar-refractivity contribution >= 4 is 34.8 Å². The molecular formula is C10H10Cl3N. The summed E-state index contributed by atoms with van der Waals surface area (Å²) in [6, 6.07) is 1.68. The van der Waals surface area contributed by atoms with E-state index in [1.54, 1.807) is 6.07 Å². The molecule has 0 fully saturated rings. The van der Waals surface area contributed by atoms with Crippen LogP contribution in [0.4, 0.5) is 0 Å². The first-order chi connectivity index (χ1) is 6.61. The highest BCUT2D eigenvalue weighted by Crippen LogP contribution is 2.41. The topological polar surface area (TPSA) is 26.0 Å². The van der Waals surface area contributed by atoms with Gasteiger partial charge in [0.15, 0.2) is 0 Å². The molecule has 0 spiro atoms. The summed E-state index contributed by atoms with van der Waals surface area (Å²) in [5, 5.41) is 1.77. The van der Waals surface area contributed by atoms with Gasteiger partial charge in [-0.3, -0.25) is 0 Å². The summed E-state index contributed by atoms with van der Waals surface area (Å²) in [7, 11) is 0. The number of rotatable bonds is 0. The van der Waals surface area contributed by atoms with Crippen LogP contribution in [-0.4, -0.2) is 0 Å². The Balaban J connectivity index is 2.66. The molecular weight excluding hydrogens is 240 g/mol. The Kier molecular flexibility index (Phi) is 2.94. The number of fused-ring (bicyclic) bond motifs is 1. The highest BCUT2D eigenvalue weighted by molar-refractivity contribution is 6.44. The van der Waals surface area contributed by atoms with Crippen LogP contribution in [0.2, 0.25) is 15.1 Å². The van der Waals surface area contributed by atoms with Gasteiger partial charge in [0.1, 0.15) is 0 Å². The van der Waals surface area contributed by atoms with Crippen LogP contribution >= 0.6 is 34.8 Å². The van der Waals surface area contributed by atoms with E-state index in [-0.39, 0.29) is 6.04 Å². The van der Waals surface area contributed by atoms with Crippen molar-refractivity contribution < 1.29 is 0 Å². The van der Waals surface area contributed by atoms with Gasteiger partial charge in [-0.05, 0) is 36.5 Å². The van der Waals surface area contributed by atoms with Crippen molar-refractivity contribution in [1.29, 1.82) is 0 Å². The van der Waals surface area contributed by atoms with Crippen molar-refractivity contribution in [2.45, 2.75) is 25.3 Å². The molecule has 0 saturated heterocycles. The van der Waals surface area contributed by atoms with E-state index in [0.717, 1.165) is 30.4 Å². The first-order valence-corrected chi connectivity index (χ1v) is 5.66. The van der Waals surface area contributed by atoms with Gasteiger partial charge in [0.05, 0.1) is 10.0 Å². The van der Waals surface area contributed by atoms with Gasteiger partial charge in [0.2, 0.25) is 0 Å². The number of hydrogen-bond donors (Lipinski definition) is 1. The molecule has 2 N–H and O–H groups in total. The third-order valence-corrected chi connectivity index (χ3v) is 3.76. The molecule has 1 nitrogen and oxygen atoms in total. The normalized spacial score (nSPS) is 20.7. The van der Waals surface area contributed by atoms with E-state index >= 15 is 0 Å². The highest BCUT2D eigenvalue weighted by Gasteiger charge is 2.23. The van der Waals surface area contributed by atoms with Crippen LogP contribution in [0.1, 0.15) is 30.0 Å². The van der Waals surface area contributed by atoms with E-state index in [0.29, 0.717) is 15.1 Å². The summed E-state index contributed by atoms with van der Waals surface area (Å²) in [6.45, 7) is 0. The molecule has 0 amide bonds. The van der Waals surface area contributed by atoms with Crippen molar-refractivity contribution in [1.82, 2.24) is 0 Å². The molecule has 76 valence electrons. The molecule has 0 bridgehead atoms. The molecule has 0 heterocycles. The van der Waals surface area contributed by atoms with E-state index in [1.165, 1.54) is 0 Å². The van der Waals surface area contributed by atoms with Gasteiger partial charge >= 0.3 is 0 Å². The summed E-state index contributed by atoms with van der Waals surface area (Å²) in [4.78, 5) is 0. The Labute approximate surface area is 98.1 Å². The zero-order chi connectivity index (χ0) is 10.3. The zero-order valence-electron chi connectivity index (χ0n) is 7.49. The standard InChI is InChI=1S/C10H10Cl3N/c11-6-4-7(12)10(13)5-2-1-3-8(14)9(5)6/h4,8H,1-3,14H2. The fourth-order valence-corrected chi connectivity index (χ4v) is 2.84. The van der Waals surface area contributed by atoms with Crippen LogP contribution in [0.25, 0.3) is 0 Å². The molecule has 1 aliphatic carbocycles. The lowest BCUT2D eigenvalue weighted by Gasteiger charge is -2.24. The second-order valence-corrected chi connectivity index (χ2v) is 4.74.